The van der Waals surface area contributed by atoms with Gasteiger partial charge >= 0.3 is 0 Å². The molecule has 1 aliphatic rings. The number of hydrogen-bond acceptors (Lipinski definition) is 7. The Kier molecular flexibility index (Phi) is 4.66. The van der Waals surface area contributed by atoms with Crippen molar-refractivity contribution in [3.63, 3.8) is 0 Å². The highest BCUT2D eigenvalue weighted by molar-refractivity contribution is 6.08. The maximum absolute atomic E-state index is 12.2. The van der Waals surface area contributed by atoms with E-state index < -0.39 is 17.6 Å². The molecule has 0 unspecified atom stereocenters. The van der Waals surface area contributed by atoms with Crippen molar-refractivity contribution in [3.05, 3.63) is 48.0 Å². The van der Waals surface area contributed by atoms with E-state index in [9.17, 15) is 14.7 Å². The van der Waals surface area contributed by atoms with Gasteiger partial charge < -0.3 is 24.9 Å². The number of morpholine rings is 1. The maximum atomic E-state index is 12.2. The summed E-state index contributed by atoms with van der Waals surface area (Å²) < 4.78 is 5.31. The van der Waals surface area contributed by atoms with E-state index in [1.165, 1.54) is 12.4 Å². The molecule has 1 aromatic carbocycles. The normalized spacial score (nSPS) is 14.2. The average molecular weight is 327 g/mol. The largest absolute Gasteiger partial charge is 0.543 e. The summed E-state index contributed by atoms with van der Waals surface area (Å²) in [5.74, 6) is -2.20. The fraction of sp³-hybridized carbons (Fsp3) is 0.250. The van der Waals surface area contributed by atoms with Crippen LogP contribution in [0.3, 0.4) is 0 Å². The molecule has 1 fully saturated rings. The molecule has 3 rings (SSSR count). The van der Waals surface area contributed by atoms with Gasteiger partial charge in [0.05, 0.1) is 19.2 Å². The van der Waals surface area contributed by atoms with Crippen molar-refractivity contribution in [2.24, 2.45) is 0 Å². The monoisotopic (exact) mass is 327 g/mol. The number of carboxylic acid groups (broad SMARTS) is 1. The molecule has 1 amide bonds. The minimum absolute atomic E-state index is 0.283. The molecule has 1 saturated heterocycles. The first-order valence-corrected chi connectivity index (χ1v) is 7.41. The zero-order valence-electron chi connectivity index (χ0n) is 12.8. The van der Waals surface area contributed by atoms with Gasteiger partial charge in [0.25, 0.3) is 5.91 Å². The van der Waals surface area contributed by atoms with Crippen LogP contribution >= 0.6 is 0 Å². The van der Waals surface area contributed by atoms with Crippen molar-refractivity contribution in [2.75, 3.05) is 36.5 Å². The molecule has 0 saturated carbocycles. The van der Waals surface area contributed by atoms with Gasteiger partial charge in [-0.15, -0.1) is 0 Å². The van der Waals surface area contributed by atoms with E-state index in [0.29, 0.717) is 18.9 Å². The number of rotatable bonds is 4. The van der Waals surface area contributed by atoms with Gasteiger partial charge in [-0.1, -0.05) is 0 Å². The standard InChI is InChI=1S/C16H16N4O4/c21-15(13-14(16(22)23)18-6-5-17-13)19-11-1-3-12(4-2-11)20-7-9-24-10-8-20/h1-6H,7-10H2,(H,19,21)(H,22,23)/p-1. The Morgan fingerprint density at radius 1 is 1.04 bits per heavy atom. The van der Waals surface area contributed by atoms with Crippen LogP contribution in [0.2, 0.25) is 0 Å². The van der Waals surface area contributed by atoms with Gasteiger partial charge in [0.15, 0.2) is 5.69 Å². The van der Waals surface area contributed by atoms with Crippen LogP contribution in [0.1, 0.15) is 21.0 Å². The van der Waals surface area contributed by atoms with Crippen molar-refractivity contribution >= 4 is 23.3 Å². The molecule has 1 aromatic heterocycles. The van der Waals surface area contributed by atoms with Gasteiger partial charge in [-0.05, 0) is 24.3 Å². The van der Waals surface area contributed by atoms with Crippen LogP contribution in [0.25, 0.3) is 0 Å². The lowest BCUT2D eigenvalue weighted by Crippen LogP contribution is -2.36. The molecule has 0 radical (unpaired) electrons. The first-order valence-electron chi connectivity index (χ1n) is 7.41. The zero-order valence-corrected chi connectivity index (χ0v) is 12.8. The van der Waals surface area contributed by atoms with E-state index in [-0.39, 0.29) is 5.69 Å². The fourth-order valence-electron chi connectivity index (χ4n) is 2.42. The number of carboxylic acids is 1. The van der Waals surface area contributed by atoms with Crippen molar-refractivity contribution in [3.8, 4) is 0 Å². The summed E-state index contributed by atoms with van der Waals surface area (Å²) in [7, 11) is 0. The lowest BCUT2D eigenvalue weighted by molar-refractivity contribution is -0.255. The van der Waals surface area contributed by atoms with E-state index in [0.717, 1.165) is 18.8 Å². The number of carbonyl (C=O) groups excluding carboxylic acids is 2. The van der Waals surface area contributed by atoms with Crippen molar-refractivity contribution < 1.29 is 19.4 Å². The third-order valence-electron chi connectivity index (χ3n) is 3.61. The summed E-state index contributed by atoms with van der Waals surface area (Å²) >= 11 is 0. The summed E-state index contributed by atoms with van der Waals surface area (Å²) in [5, 5.41) is 13.6. The minimum atomic E-state index is -1.55. The number of nitrogens with one attached hydrogen (secondary N) is 1. The molecule has 0 spiro atoms. The van der Waals surface area contributed by atoms with Gasteiger partial charge in [-0.25, -0.2) is 4.98 Å². The van der Waals surface area contributed by atoms with Crippen LogP contribution in [0.5, 0.6) is 0 Å². The number of amides is 1. The molecular weight excluding hydrogens is 312 g/mol. The molecule has 1 N–H and O–H groups in total. The third-order valence-corrected chi connectivity index (χ3v) is 3.61. The molecule has 0 atom stereocenters. The first-order chi connectivity index (χ1) is 11.6. The highest BCUT2D eigenvalue weighted by atomic mass is 16.5. The number of aromatic carboxylic acids is 1. The molecule has 2 heterocycles. The summed E-state index contributed by atoms with van der Waals surface area (Å²) in [5.41, 5.74) is 0.799. The Labute approximate surface area is 138 Å². The van der Waals surface area contributed by atoms with Crippen LogP contribution in [0, 0.1) is 0 Å². The smallest absolute Gasteiger partial charge is 0.276 e. The van der Waals surface area contributed by atoms with Crippen molar-refractivity contribution in [1.29, 1.82) is 0 Å². The van der Waals surface area contributed by atoms with Crippen LogP contribution in [-0.2, 0) is 4.74 Å². The summed E-state index contributed by atoms with van der Waals surface area (Å²) in [6.45, 7) is 3.02. The Balaban J connectivity index is 1.72. The Hall–Kier alpha value is -3.00. The molecule has 0 aliphatic carbocycles. The highest BCUT2D eigenvalue weighted by Gasteiger charge is 2.16. The summed E-state index contributed by atoms with van der Waals surface area (Å²) in [6, 6.07) is 7.27. The van der Waals surface area contributed by atoms with Crippen molar-refractivity contribution in [1.82, 2.24) is 9.97 Å². The lowest BCUT2D eigenvalue weighted by Gasteiger charge is -2.28. The van der Waals surface area contributed by atoms with Gasteiger partial charge in [0, 0.05) is 36.9 Å². The number of carbonyl (C=O) groups is 2. The second-order valence-electron chi connectivity index (χ2n) is 5.14. The third kappa shape index (κ3) is 3.49. The molecule has 2 aromatic rings. The molecule has 1 aliphatic heterocycles. The fourth-order valence-corrected chi connectivity index (χ4v) is 2.42. The van der Waals surface area contributed by atoms with Crippen LogP contribution in [0.4, 0.5) is 11.4 Å². The van der Waals surface area contributed by atoms with Crippen molar-refractivity contribution in [2.45, 2.75) is 0 Å². The Bertz CT molecular complexity index is 742. The molecule has 0 bridgehead atoms. The van der Waals surface area contributed by atoms with Crippen LogP contribution in [-0.4, -0.2) is 48.1 Å². The molecule has 8 heteroatoms. The van der Waals surface area contributed by atoms with Crippen LogP contribution < -0.4 is 15.3 Å². The van der Waals surface area contributed by atoms with E-state index in [1.807, 2.05) is 12.1 Å². The summed E-state index contributed by atoms with van der Waals surface area (Å²) in [6.07, 6.45) is 2.45. The topological polar surface area (TPSA) is 107 Å². The number of ether oxygens (including phenoxy) is 1. The highest BCUT2D eigenvalue weighted by Crippen LogP contribution is 2.19. The SMILES string of the molecule is O=C([O-])c1nccnc1C(=O)Nc1ccc(N2CCOCC2)cc1. The second-order valence-corrected chi connectivity index (χ2v) is 5.14. The minimum Gasteiger partial charge on any atom is -0.543 e. The predicted octanol–water partition coefficient (Wildman–Crippen LogP) is -0.0710. The summed E-state index contributed by atoms with van der Waals surface area (Å²) in [4.78, 5) is 32.8. The number of anilines is 2. The zero-order chi connectivity index (χ0) is 16.9. The lowest BCUT2D eigenvalue weighted by atomic mass is 10.2. The van der Waals surface area contributed by atoms with E-state index in [1.54, 1.807) is 12.1 Å². The van der Waals surface area contributed by atoms with Gasteiger partial charge in [0.1, 0.15) is 5.69 Å². The molecule has 24 heavy (non-hydrogen) atoms. The van der Waals surface area contributed by atoms with Crippen LogP contribution in [0.15, 0.2) is 36.7 Å². The number of benzene rings is 1. The maximum Gasteiger partial charge on any atom is 0.276 e. The number of aromatic nitrogens is 2. The Morgan fingerprint density at radius 2 is 1.67 bits per heavy atom. The second kappa shape index (κ2) is 7.05. The quantitative estimate of drug-likeness (QED) is 0.837. The first kappa shape index (κ1) is 15.9. The average Bonchev–Trinajstić information content (AvgIpc) is 2.63. The predicted molar refractivity (Wildman–Crippen MR) is 83.8 cm³/mol. The molecule has 8 nitrogen and oxygen atoms in total. The molecular formula is C16H15N4O4-. The molecule has 124 valence electrons. The Morgan fingerprint density at radius 3 is 2.29 bits per heavy atom. The van der Waals surface area contributed by atoms with E-state index >= 15 is 0 Å². The van der Waals surface area contributed by atoms with Gasteiger partial charge in [-0.3, -0.25) is 9.78 Å². The number of hydrogen-bond donors (Lipinski definition) is 1. The number of nitrogens with zero attached hydrogens (tertiary/aromatic N) is 3. The van der Waals surface area contributed by atoms with E-state index in [2.05, 4.69) is 20.2 Å². The van der Waals surface area contributed by atoms with Gasteiger partial charge in [-0.2, -0.15) is 0 Å². The van der Waals surface area contributed by atoms with E-state index in [4.69, 9.17) is 4.74 Å². The van der Waals surface area contributed by atoms with Gasteiger partial charge in [0.2, 0.25) is 0 Å².